The molecule has 6 nitrogen and oxygen atoms in total. The zero-order valence-electron chi connectivity index (χ0n) is 12.5. The monoisotopic (exact) mass is 332 g/mol. The zero-order valence-corrected chi connectivity index (χ0v) is 13.3. The highest BCUT2D eigenvalue weighted by Crippen LogP contribution is 2.32. The van der Waals surface area contributed by atoms with Crippen molar-refractivity contribution in [1.29, 1.82) is 0 Å². The van der Waals surface area contributed by atoms with Gasteiger partial charge in [0.1, 0.15) is 0 Å². The molecule has 23 heavy (non-hydrogen) atoms. The number of phenolic OH excluding ortho intramolecular Hbond substituents is 1. The van der Waals surface area contributed by atoms with Gasteiger partial charge >= 0.3 is 0 Å². The van der Waals surface area contributed by atoms with Gasteiger partial charge in [-0.25, -0.2) is 0 Å². The molecule has 0 unspecified atom stereocenters. The minimum Gasteiger partial charge on any atom is -0.504 e. The van der Waals surface area contributed by atoms with Crippen LogP contribution >= 0.6 is 12.2 Å². The van der Waals surface area contributed by atoms with Gasteiger partial charge < -0.3 is 30.0 Å². The van der Waals surface area contributed by atoms with Crippen molar-refractivity contribution in [2.24, 2.45) is 0 Å². The molecule has 0 atom stereocenters. The fourth-order valence-corrected chi connectivity index (χ4v) is 2.37. The van der Waals surface area contributed by atoms with Crippen LogP contribution in [0.2, 0.25) is 0 Å². The van der Waals surface area contributed by atoms with E-state index in [1.807, 2.05) is 18.2 Å². The second kappa shape index (κ2) is 6.62. The van der Waals surface area contributed by atoms with Crippen LogP contribution in [-0.2, 0) is 6.54 Å². The van der Waals surface area contributed by atoms with Gasteiger partial charge in [0.15, 0.2) is 28.1 Å². The number of nitrogens with one attached hydrogen (secondary N) is 2. The number of ether oxygens (including phenoxy) is 3. The van der Waals surface area contributed by atoms with Gasteiger partial charge in [0, 0.05) is 18.3 Å². The molecule has 120 valence electrons. The normalized spacial score (nSPS) is 11.9. The van der Waals surface area contributed by atoms with Gasteiger partial charge in [0.05, 0.1) is 7.11 Å². The lowest BCUT2D eigenvalue weighted by Crippen LogP contribution is -2.27. The average Bonchev–Trinajstić information content (AvgIpc) is 3.01. The fourth-order valence-electron chi connectivity index (χ4n) is 2.18. The Morgan fingerprint density at radius 1 is 1.22 bits per heavy atom. The first-order valence-electron chi connectivity index (χ1n) is 6.96. The molecule has 0 aromatic heterocycles. The van der Waals surface area contributed by atoms with Crippen LogP contribution in [0.3, 0.4) is 0 Å². The van der Waals surface area contributed by atoms with Gasteiger partial charge in [-0.15, -0.1) is 0 Å². The largest absolute Gasteiger partial charge is 0.504 e. The molecule has 3 N–H and O–H groups in total. The summed E-state index contributed by atoms with van der Waals surface area (Å²) in [5.41, 5.74) is 1.70. The minimum absolute atomic E-state index is 0.0519. The lowest BCUT2D eigenvalue weighted by molar-refractivity contribution is 0.174. The van der Waals surface area contributed by atoms with E-state index < -0.39 is 0 Å². The topological polar surface area (TPSA) is 72.0 Å². The molecule has 0 saturated heterocycles. The molecule has 2 aromatic rings. The first kappa shape index (κ1) is 15.2. The lowest BCUT2D eigenvalue weighted by Gasteiger charge is -2.12. The fraction of sp³-hybridized carbons (Fsp3) is 0.188. The van der Waals surface area contributed by atoms with Crippen LogP contribution < -0.4 is 24.8 Å². The van der Waals surface area contributed by atoms with E-state index in [2.05, 4.69) is 10.6 Å². The molecule has 0 saturated carbocycles. The van der Waals surface area contributed by atoms with Gasteiger partial charge in [-0.3, -0.25) is 0 Å². The standard InChI is InChI=1S/C16H16N2O4S/c1-20-13-5-3-11(7-12(13)19)18-16(23)17-8-10-2-4-14-15(6-10)22-9-21-14/h2-7,19H,8-9H2,1H3,(H2,17,18,23). The van der Waals surface area contributed by atoms with Crippen LogP contribution in [0.4, 0.5) is 5.69 Å². The number of aromatic hydroxyl groups is 1. The summed E-state index contributed by atoms with van der Waals surface area (Å²) in [6.45, 7) is 0.803. The molecule has 0 aliphatic carbocycles. The molecule has 1 aliphatic heterocycles. The van der Waals surface area contributed by atoms with Crippen LogP contribution in [0.1, 0.15) is 5.56 Å². The Bertz CT molecular complexity index is 736. The van der Waals surface area contributed by atoms with Gasteiger partial charge in [-0.05, 0) is 42.0 Å². The third-order valence-corrected chi connectivity index (χ3v) is 3.57. The predicted molar refractivity (Wildman–Crippen MR) is 90.3 cm³/mol. The Kier molecular flexibility index (Phi) is 4.38. The number of phenols is 1. The quantitative estimate of drug-likeness (QED) is 0.743. The third kappa shape index (κ3) is 3.57. The number of hydrogen-bond acceptors (Lipinski definition) is 5. The molecular weight excluding hydrogens is 316 g/mol. The second-order valence-electron chi connectivity index (χ2n) is 4.88. The summed E-state index contributed by atoms with van der Waals surface area (Å²) >= 11 is 5.25. The van der Waals surface area contributed by atoms with Crippen molar-refractivity contribution < 1.29 is 19.3 Å². The molecular formula is C16H16N2O4S. The van der Waals surface area contributed by atoms with Crippen LogP contribution in [-0.4, -0.2) is 24.1 Å². The third-order valence-electron chi connectivity index (χ3n) is 3.33. The van der Waals surface area contributed by atoms with E-state index in [4.69, 9.17) is 26.4 Å². The number of benzene rings is 2. The molecule has 2 aromatic carbocycles. The Hall–Kier alpha value is -2.67. The molecule has 0 fully saturated rings. The van der Waals surface area contributed by atoms with Gasteiger partial charge in [0.25, 0.3) is 0 Å². The Morgan fingerprint density at radius 2 is 2.04 bits per heavy atom. The molecule has 1 heterocycles. The van der Waals surface area contributed by atoms with Crippen LogP contribution in [0.15, 0.2) is 36.4 Å². The molecule has 0 amide bonds. The van der Waals surface area contributed by atoms with E-state index in [0.29, 0.717) is 23.1 Å². The van der Waals surface area contributed by atoms with Crippen molar-refractivity contribution in [3.05, 3.63) is 42.0 Å². The van der Waals surface area contributed by atoms with Crippen molar-refractivity contribution in [1.82, 2.24) is 5.32 Å². The summed E-state index contributed by atoms with van der Waals surface area (Å²) in [5.74, 6) is 1.96. The van der Waals surface area contributed by atoms with Crippen molar-refractivity contribution in [3.63, 3.8) is 0 Å². The van der Waals surface area contributed by atoms with Crippen molar-refractivity contribution in [3.8, 4) is 23.0 Å². The van der Waals surface area contributed by atoms with E-state index in [1.165, 1.54) is 7.11 Å². The highest BCUT2D eigenvalue weighted by Gasteiger charge is 2.13. The smallest absolute Gasteiger partial charge is 0.231 e. The summed E-state index contributed by atoms with van der Waals surface area (Å²) in [6.07, 6.45) is 0. The highest BCUT2D eigenvalue weighted by molar-refractivity contribution is 7.80. The average molecular weight is 332 g/mol. The molecule has 0 radical (unpaired) electrons. The number of thiocarbonyl (C=S) groups is 1. The summed E-state index contributed by atoms with van der Waals surface area (Å²) in [7, 11) is 1.50. The maximum atomic E-state index is 9.75. The van der Waals surface area contributed by atoms with Gasteiger partial charge in [0.2, 0.25) is 6.79 Å². The number of fused-ring (bicyclic) bond motifs is 1. The number of rotatable bonds is 4. The maximum absolute atomic E-state index is 9.75. The van der Waals surface area contributed by atoms with E-state index in [-0.39, 0.29) is 12.5 Å². The van der Waals surface area contributed by atoms with Crippen molar-refractivity contribution >= 4 is 23.0 Å². The SMILES string of the molecule is COc1ccc(NC(=S)NCc2ccc3c(c2)OCO3)cc1O. The van der Waals surface area contributed by atoms with E-state index >= 15 is 0 Å². The number of anilines is 1. The van der Waals surface area contributed by atoms with E-state index in [1.54, 1.807) is 18.2 Å². The van der Waals surface area contributed by atoms with Crippen LogP contribution in [0.25, 0.3) is 0 Å². The molecule has 1 aliphatic rings. The predicted octanol–water partition coefficient (Wildman–Crippen LogP) is 2.62. The number of methoxy groups -OCH3 is 1. The zero-order chi connectivity index (χ0) is 16.2. The Labute approximate surface area is 139 Å². The molecule has 3 rings (SSSR count). The second-order valence-corrected chi connectivity index (χ2v) is 5.29. The summed E-state index contributed by atoms with van der Waals surface area (Å²) < 4.78 is 15.6. The minimum atomic E-state index is 0.0519. The maximum Gasteiger partial charge on any atom is 0.231 e. The molecule has 7 heteroatoms. The highest BCUT2D eigenvalue weighted by atomic mass is 32.1. The Balaban J connectivity index is 1.56. The summed E-state index contributed by atoms with van der Waals surface area (Å²) in [5, 5.41) is 16.3. The van der Waals surface area contributed by atoms with Crippen LogP contribution in [0.5, 0.6) is 23.0 Å². The molecule has 0 bridgehead atoms. The van der Waals surface area contributed by atoms with Gasteiger partial charge in [-0.2, -0.15) is 0 Å². The van der Waals surface area contributed by atoms with Crippen molar-refractivity contribution in [2.75, 3.05) is 19.2 Å². The summed E-state index contributed by atoms with van der Waals surface area (Å²) in [6, 6.07) is 10.7. The van der Waals surface area contributed by atoms with Gasteiger partial charge in [-0.1, -0.05) is 6.07 Å². The van der Waals surface area contributed by atoms with E-state index in [0.717, 1.165) is 17.1 Å². The lowest BCUT2D eigenvalue weighted by atomic mass is 10.2. The summed E-state index contributed by atoms with van der Waals surface area (Å²) in [4.78, 5) is 0. The van der Waals surface area contributed by atoms with Crippen molar-refractivity contribution in [2.45, 2.75) is 6.54 Å². The van der Waals surface area contributed by atoms with E-state index in [9.17, 15) is 5.11 Å². The number of hydrogen-bond donors (Lipinski definition) is 3. The Morgan fingerprint density at radius 3 is 2.83 bits per heavy atom. The first-order chi connectivity index (χ1) is 11.2. The first-order valence-corrected chi connectivity index (χ1v) is 7.37. The van der Waals surface area contributed by atoms with Crippen LogP contribution in [0, 0.1) is 0 Å². The molecule has 0 spiro atoms.